The van der Waals surface area contributed by atoms with Crippen LogP contribution in [-0.2, 0) is 4.79 Å². The van der Waals surface area contributed by atoms with Gasteiger partial charge in [0.15, 0.2) is 6.61 Å². The molecule has 0 radical (unpaired) electrons. The van der Waals surface area contributed by atoms with E-state index in [4.69, 9.17) is 4.74 Å². The molecule has 8 nitrogen and oxygen atoms in total. The second kappa shape index (κ2) is 7.73. The van der Waals surface area contributed by atoms with E-state index >= 15 is 0 Å². The zero-order valence-corrected chi connectivity index (χ0v) is 12.8. The number of aromatic hydroxyl groups is 1. The van der Waals surface area contributed by atoms with Gasteiger partial charge in [0.05, 0.1) is 11.1 Å². The monoisotopic (exact) mass is 329 g/mol. The summed E-state index contributed by atoms with van der Waals surface area (Å²) >= 11 is 0. The maximum absolute atomic E-state index is 11.6. The molecular formula is C16H15N3O5. The molecular weight excluding hydrogens is 314 g/mol. The molecule has 1 amide bonds. The van der Waals surface area contributed by atoms with E-state index in [0.29, 0.717) is 5.75 Å². The second-order valence-corrected chi connectivity index (χ2v) is 4.90. The Balaban J connectivity index is 1.90. The quantitative estimate of drug-likeness (QED) is 0.479. The fraction of sp³-hybridized carbons (Fsp3) is 0.125. The highest BCUT2D eigenvalue weighted by Crippen LogP contribution is 2.21. The number of non-ortho nitro benzene ring substituents is 1. The largest absolute Gasteiger partial charge is 0.507 e. The Hall–Kier alpha value is -3.42. The number of aryl methyl sites for hydroxylation is 1. The molecule has 0 heterocycles. The molecule has 0 saturated carbocycles. The molecule has 0 aliphatic heterocycles. The smallest absolute Gasteiger partial charge is 0.277 e. The molecule has 0 spiro atoms. The van der Waals surface area contributed by atoms with Gasteiger partial charge in [-0.15, -0.1) is 0 Å². The summed E-state index contributed by atoms with van der Waals surface area (Å²) in [6, 6.07) is 10.7. The van der Waals surface area contributed by atoms with Crippen LogP contribution in [0.4, 0.5) is 5.69 Å². The van der Waals surface area contributed by atoms with Gasteiger partial charge in [0.25, 0.3) is 11.6 Å². The van der Waals surface area contributed by atoms with Gasteiger partial charge in [-0.3, -0.25) is 14.9 Å². The lowest BCUT2D eigenvalue weighted by Gasteiger charge is -2.05. The molecule has 8 heteroatoms. The average Bonchev–Trinajstić information content (AvgIpc) is 2.54. The Labute approximate surface area is 137 Å². The van der Waals surface area contributed by atoms with Gasteiger partial charge in [0.2, 0.25) is 0 Å². The summed E-state index contributed by atoms with van der Waals surface area (Å²) in [4.78, 5) is 21.7. The highest BCUT2D eigenvalue weighted by molar-refractivity contribution is 5.86. The number of rotatable bonds is 6. The third kappa shape index (κ3) is 4.80. The number of phenols is 1. The van der Waals surface area contributed by atoms with Crippen LogP contribution in [0.5, 0.6) is 11.5 Å². The lowest BCUT2D eigenvalue weighted by Crippen LogP contribution is -2.24. The van der Waals surface area contributed by atoms with Crippen LogP contribution in [0.2, 0.25) is 0 Å². The summed E-state index contributed by atoms with van der Waals surface area (Å²) < 4.78 is 5.30. The first-order valence-corrected chi connectivity index (χ1v) is 6.94. The molecule has 0 atom stereocenters. The number of carbonyl (C=O) groups excluding carboxylic acids is 1. The first kappa shape index (κ1) is 16.9. The topological polar surface area (TPSA) is 114 Å². The summed E-state index contributed by atoms with van der Waals surface area (Å²) in [5, 5.41) is 23.9. The Morgan fingerprint density at radius 1 is 1.38 bits per heavy atom. The van der Waals surface area contributed by atoms with Gasteiger partial charge in [-0.25, -0.2) is 5.43 Å². The van der Waals surface area contributed by atoms with E-state index in [-0.39, 0.29) is 23.6 Å². The van der Waals surface area contributed by atoms with Crippen LogP contribution >= 0.6 is 0 Å². The molecule has 0 bridgehead atoms. The van der Waals surface area contributed by atoms with Gasteiger partial charge in [0, 0.05) is 17.7 Å². The molecule has 0 aliphatic rings. The summed E-state index contributed by atoms with van der Waals surface area (Å²) in [5.41, 5.74) is 3.15. The molecule has 0 aliphatic carbocycles. The van der Waals surface area contributed by atoms with Gasteiger partial charge in [-0.1, -0.05) is 12.1 Å². The van der Waals surface area contributed by atoms with Crippen LogP contribution in [-0.4, -0.2) is 28.8 Å². The predicted octanol–water partition coefficient (Wildman–Crippen LogP) is 2.14. The Bertz CT molecular complexity index is 789. The number of amides is 1. The van der Waals surface area contributed by atoms with Gasteiger partial charge in [-0.05, 0) is 30.7 Å². The number of hydrogen-bond donors (Lipinski definition) is 2. The Kier molecular flexibility index (Phi) is 5.45. The van der Waals surface area contributed by atoms with Gasteiger partial charge in [-0.2, -0.15) is 5.10 Å². The maximum Gasteiger partial charge on any atom is 0.277 e. The van der Waals surface area contributed by atoms with Crippen LogP contribution in [0.1, 0.15) is 11.1 Å². The second-order valence-electron chi connectivity index (χ2n) is 4.90. The van der Waals surface area contributed by atoms with Crippen molar-refractivity contribution in [3.05, 3.63) is 63.7 Å². The molecule has 2 N–H and O–H groups in total. The zero-order chi connectivity index (χ0) is 17.5. The first-order chi connectivity index (χ1) is 11.5. The summed E-state index contributed by atoms with van der Waals surface area (Å²) in [6.45, 7) is 1.67. The molecule has 24 heavy (non-hydrogen) atoms. The van der Waals surface area contributed by atoms with Crippen LogP contribution in [0.15, 0.2) is 47.6 Å². The SMILES string of the molecule is Cc1cccc(OCC(=O)NN=Cc2cc([N+](=O)[O-])ccc2O)c1. The maximum atomic E-state index is 11.6. The fourth-order valence-corrected chi connectivity index (χ4v) is 1.82. The lowest BCUT2D eigenvalue weighted by atomic mass is 10.2. The van der Waals surface area contributed by atoms with E-state index in [2.05, 4.69) is 10.5 Å². The molecule has 0 unspecified atom stereocenters. The molecule has 2 aromatic carbocycles. The number of hydrogen-bond acceptors (Lipinski definition) is 6. The highest BCUT2D eigenvalue weighted by Gasteiger charge is 2.09. The number of ether oxygens (including phenoxy) is 1. The van der Waals surface area contributed by atoms with Gasteiger partial charge in [0.1, 0.15) is 11.5 Å². The minimum absolute atomic E-state index is 0.115. The van der Waals surface area contributed by atoms with E-state index in [0.717, 1.165) is 17.8 Å². The summed E-state index contributed by atoms with van der Waals surface area (Å²) in [6.07, 6.45) is 1.12. The van der Waals surface area contributed by atoms with E-state index < -0.39 is 10.8 Å². The average molecular weight is 329 g/mol. The van der Waals surface area contributed by atoms with E-state index in [1.165, 1.54) is 12.1 Å². The van der Waals surface area contributed by atoms with Crippen molar-refractivity contribution in [2.45, 2.75) is 6.92 Å². The molecule has 2 aromatic rings. The number of nitro groups is 1. The third-order valence-corrected chi connectivity index (χ3v) is 2.97. The first-order valence-electron chi connectivity index (χ1n) is 6.94. The summed E-state index contributed by atoms with van der Waals surface area (Å²) in [7, 11) is 0. The van der Waals surface area contributed by atoms with Crippen LogP contribution in [0.3, 0.4) is 0 Å². The highest BCUT2D eigenvalue weighted by atomic mass is 16.6. The number of benzene rings is 2. The molecule has 0 aromatic heterocycles. The van der Waals surface area contributed by atoms with Gasteiger partial charge >= 0.3 is 0 Å². The van der Waals surface area contributed by atoms with Crippen molar-refractivity contribution in [2.75, 3.05) is 6.61 Å². The van der Waals surface area contributed by atoms with E-state index in [9.17, 15) is 20.0 Å². The standard InChI is InChI=1S/C16H15N3O5/c1-11-3-2-4-14(7-11)24-10-16(21)18-17-9-12-8-13(19(22)23)5-6-15(12)20/h2-9,20H,10H2,1H3,(H,18,21). The van der Waals surface area contributed by atoms with Gasteiger partial charge < -0.3 is 9.84 Å². The Morgan fingerprint density at radius 3 is 2.88 bits per heavy atom. The van der Waals surface area contributed by atoms with Crippen LogP contribution in [0.25, 0.3) is 0 Å². The van der Waals surface area contributed by atoms with Crippen molar-refractivity contribution >= 4 is 17.8 Å². The minimum Gasteiger partial charge on any atom is -0.507 e. The molecule has 124 valence electrons. The zero-order valence-electron chi connectivity index (χ0n) is 12.8. The van der Waals surface area contributed by atoms with Crippen molar-refractivity contribution in [1.29, 1.82) is 0 Å². The number of nitrogens with one attached hydrogen (secondary N) is 1. The van der Waals surface area contributed by atoms with E-state index in [1.54, 1.807) is 12.1 Å². The normalized spacial score (nSPS) is 10.5. The van der Waals surface area contributed by atoms with Crippen LogP contribution in [0, 0.1) is 17.0 Å². The number of nitro benzene ring substituents is 1. The van der Waals surface area contributed by atoms with Crippen molar-refractivity contribution in [2.24, 2.45) is 5.10 Å². The lowest BCUT2D eigenvalue weighted by molar-refractivity contribution is -0.384. The molecule has 0 saturated heterocycles. The Morgan fingerprint density at radius 2 is 2.17 bits per heavy atom. The number of hydrazone groups is 1. The number of phenolic OH excluding ortho intramolecular Hbond substituents is 1. The minimum atomic E-state index is -0.592. The molecule has 2 rings (SSSR count). The van der Waals surface area contributed by atoms with Crippen molar-refractivity contribution in [3.63, 3.8) is 0 Å². The number of nitrogens with zero attached hydrogens (tertiary/aromatic N) is 2. The van der Waals surface area contributed by atoms with Crippen molar-refractivity contribution < 1.29 is 19.6 Å². The van der Waals surface area contributed by atoms with E-state index in [1.807, 2.05) is 19.1 Å². The van der Waals surface area contributed by atoms with Crippen LogP contribution < -0.4 is 10.2 Å². The van der Waals surface area contributed by atoms with Crippen molar-refractivity contribution in [3.8, 4) is 11.5 Å². The predicted molar refractivity (Wildman–Crippen MR) is 87.2 cm³/mol. The number of carbonyl (C=O) groups is 1. The van der Waals surface area contributed by atoms with Crippen molar-refractivity contribution in [1.82, 2.24) is 5.43 Å². The summed E-state index contributed by atoms with van der Waals surface area (Å²) in [5.74, 6) is -0.127. The fourth-order valence-electron chi connectivity index (χ4n) is 1.82. The molecule has 0 fully saturated rings. The third-order valence-electron chi connectivity index (χ3n) is 2.97.